The lowest BCUT2D eigenvalue weighted by molar-refractivity contribution is -0.132. The Morgan fingerprint density at radius 1 is 1.17 bits per heavy atom. The Kier molecular flexibility index (Phi) is 5.52. The SMILES string of the molecule is CC(C)(C)OC(=O)NC(C(=O)N1CCCC1)c1ccc(Cl)cc1. The summed E-state index contributed by atoms with van der Waals surface area (Å²) < 4.78 is 5.28. The molecule has 1 N–H and O–H groups in total. The molecule has 2 rings (SSSR count). The van der Waals surface area contributed by atoms with E-state index in [1.807, 2.05) is 0 Å². The molecule has 1 aromatic rings. The maximum absolute atomic E-state index is 12.8. The van der Waals surface area contributed by atoms with Gasteiger partial charge < -0.3 is 15.0 Å². The number of ether oxygens (including phenoxy) is 1. The fraction of sp³-hybridized carbons (Fsp3) is 0.529. The topological polar surface area (TPSA) is 58.6 Å². The predicted octanol–water partition coefficient (Wildman–Crippen LogP) is 3.53. The van der Waals surface area contributed by atoms with Crippen LogP contribution in [-0.2, 0) is 9.53 Å². The Morgan fingerprint density at radius 3 is 2.26 bits per heavy atom. The van der Waals surface area contributed by atoms with Crippen molar-refractivity contribution in [1.82, 2.24) is 10.2 Å². The first-order valence-electron chi connectivity index (χ1n) is 7.80. The number of nitrogens with one attached hydrogen (secondary N) is 1. The van der Waals surface area contributed by atoms with Crippen LogP contribution in [0.15, 0.2) is 24.3 Å². The van der Waals surface area contributed by atoms with E-state index in [9.17, 15) is 9.59 Å². The lowest BCUT2D eigenvalue weighted by atomic mass is 10.1. The molecular formula is C17H23ClN2O3. The number of benzene rings is 1. The second kappa shape index (κ2) is 7.21. The van der Waals surface area contributed by atoms with Crippen LogP contribution >= 0.6 is 11.6 Å². The third-order valence-corrected chi connectivity index (χ3v) is 3.78. The lowest BCUT2D eigenvalue weighted by Crippen LogP contribution is -2.43. The van der Waals surface area contributed by atoms with Crippen LogP contribution in [0.2, 0.25) is 5.02 Å². The molecule has 0 spiro atoms. The number of halogens is 1. The number of likely N-dealkylation sites (tertiary alicyclic amines) is 1. The molecule has 0 aromatic heterocycles. The lowest BCUT2D eigenvalue weighted by Gasteiger charge is -2.26. The quantitative estimate of drug-likeness (QED) is 0.917. The molecule has 2 amide bonds. The van der Waals surface area contributed by atoms with Gasteiger partial charge in [-0.1, -0.05) is 23.7 Å². The van der Waals surface area contributed by atoms with Gasteiger partial charge in [0.05, 0.1) is 0 Å². The van der Waals surface area contributed by atoms with Gasteiger partial charge in [-0.2, -0.15) is 0 Å². The van der Waals surface area contributed by atoms with Gasteiger partial charge in [0.25, 0.3) is 0 Å². The van der Waals surface area contributed by atoms with Crippen molar-refractivity contribution in [3.05, 3.63) is 34.9 Å². The van der Waals surface area contributed by atoms with Gasteiger partial charge in [0.1, 0.15) is 11.6 Å². The van der Waals surface area contributed by atoms with Gasteiger partial charge >= 0.3 is 6.09 Å². The first kappa shape index (κ1) is 17.6. The van der Waals surface area contributed by atoms with Crippen LogP contribution in [0.5, 0.6) is 0 Å². The van der Waals surface area contributed by atoms with Crippen molar-refractivity contribution in [2.45, 2.75) is 45.3 Å². The second-order valence-electron chi connectivity index (χ2n) is 6.66. The van der Waals surface area contributed by atoms with Crippen molar-refractivity contribution in [1.29, 1.82) is 0 Å². The van der Waals surface area contributed by atoms with E-state index in [1.54, 1.807) is 49.9 Å². The van der Waals surface area contributed by atoms with Crippen LogP contribution in [0.25, 0.3) is 0 Å². The molecule has 0 bridgehead atoms. The van der Waals surface area contributed by atoms with Crippen molar-refractivity contribution in [3.63, 3.8) is 0 Å². The highest BCUT2D eigenvalue weighted by Gasteiger charge is 2.30. The highest BCUT2D eigenvalue weighted by atomic mass is 35.5. The normalized spacial score (nSPS) is 16.1. The van der Waals surface area contributed by atoms with Crippen molar-refractivity contribution in [3.8, 4) is 0 Å². The molecule has 1 atom stereocenters. The first-order chi connectivity index (χ1) is 10.8. The van der Waals surface area contributed by atoms with Gasteiger partial charge in [-0.25, -0.2) is 4.79 Å². The van der Waals surface area contributed by atoms with E-state index < -0.39 is 17.7 Å². The highest BCUT2D eigenvalue weighted by molar-refractivity contribution is 6.30. The van der Waals surface area contributed by atoms with Crippen LogP contribution in [0, 0.1) is 0 Å². The van der Waals surface area contributed by atoms with E-state index in [0.717, 1.165) is 25.9 Å². The van der Waals surface area contributed by atoms with E-state index >= 15 is 0 Å². The zero-order valence-corrected chi connectivity index (χ0v) is 14.5. The fourth-order valence-electron chi connectivity index (χ4n) is 2.49. The van der Waals surface area contributed by atoms with E-state index in [2.05, 4.69) is 5.32 Å². The average molecular weight is 339 g/mol. The molecule has 0 radical (unpaired) electrons. The Bertz CT molecular complexity index is 560. The number of carbonyl (C=O) groups is 2. The van der Waals surface area contributed by atoms with Crippen LogP contribution < -0.4 is 5.32 Å². The number of amides is 2. The summed E-state index contributed by atoms with van der Waals surface area (Å²) in [5, 5.41) is 3.27. The molecule has 1 fully saturated rings. The van der Waals surface area contributed by atoms with Crippen molar-refractivity contribution < 1.29 is 14.3 Å². The summed E-state index contributed by atoms with van der Waals surface area (Å²) in [5.74, 6) is -0.115. The molecule has 1 aromatic carbocycles. The molecular weight excluding hydrogens is 316 g/mol. The Balaban J connectivity index is 2.18. The van der Waals surface area contributed by atoms with Crippen LogP contribution in [0.1, 0.15) is 45.2 Å². The summed E-state index contributed by atoms with van der Waals surface area (Å²) >= 11 is 5.91. The number of rotatable bonds is 3. The van der Waals surface area contributed by atoms with Gasteiger partial charge in [-0.3, -0.25) is 4.79 Å². The second-order valence-corrected chi connectivity index (χ2v) is 7.10. The van der Waals surface area contributed by atoms with Gasteiger partial charge in [0.2, 0.25) is 5.91 Å². The number of nitrogens with zero attached hydrogens (tertiary/aromatic N) is 1. The maximum atomic E-state index is 12.8. The number of hydrogen-bond acceptors (Lipinski definition) is 3. The van der Waals surface area contributed by atoms with Crippen molar-refractivity contribution in [2.75, 3.05) is 13.1 Å². The third kappa shape index (κ3) is 5.13. The monoisotopic (exact) mass is 338 g/mol. The molecule has 0 saturated carbocycles. The largest absolute Gasteiger partial charge is 0.444 e. The fourth-order valence-corrected chi connectivity index (χ4v) is 2.61. The summed E-state index contributed by atoms with van der Waals surface area (Å²) in [5.41, 5.74) is 0.0721. The van der Waals surface area contributed by atoms with E-state index in [1.165, 1.54) is 0 Å². The molecule has 126 valence electrons. The van der Waals surface area contributed by atoms with Gasteiger partial charge in [-0.15, -0.1) is 0 Å². The molecule has 0 aliphatic carbocycles. The average Bonchev–Trinajstić information content (AvgIpc) is 2.97. The zero-order chi connectivity index (χ0) is 17.0. The number of hydrogen-bond donors (Lipinski definition) is 1. The summed E-state index contributed by atoms with van der Waals surface area (Å²) in [6.07, 6.45) is 1.38. The summed E-state index contributed by atoms with van der Waals surface area (Å²) in [6.45, 7) is 6.79. The summed E-state index contributed by atoms with van der Waals surface area (Å²) in [4.78, 5) is 26.6. The zero-order valence-electron chi connectivity index (χ0n) is 13.8. The highest BCUT2D eigenvalue weighted by Crippen LogP contribution is 2.22. The molecule has 1 aliphatic heterocycles. The van der Waals surface area contributed by atoms with Crippen molar-refractivity contribution >= 4 is 23.6 Å². The van der Waals surface area contributed by atoms with E-state index in [-0.39, 0.29) is 5.91 Å². The first-order valence-corrected chi connectivity index (χ1v) is 8.18. The van der Waals surface area contributed by atoms with Crippen LogP contribution in [0.3, 0.4) is 0 Å². The maximum Gasteiger partial charge on any atom is 0.408 e. The van der Waals surface area contributed by atoms with Gasteiger partial charge in [0.15, 0.2) is 0 Å². The van der Waals surface area contributed by atoms with Crippen molar-refractivity contribution in [2.24, 2.45) is 0 Å². The molecule has 1 aliphatic rings. The Labute approximate surface area is 141 Å². The molecule has 23 heavy (non-hydrogen) atoms. The molecule has 1 unspecified atom stereocenters. The van der Waals surface area contributed by atoms with E-state index in [0.29, 0.717) is 10.6 Å². The summed E-state index contributed by atoms with van der Waals surface area (Å²) in [7, 11) is 0. The minimum absolute atomic E-state index is 0.115. The molecule has 5 nitrogen and oxygen atoms in total. The van der Waals surface area contributed by atoms with E-state index in [4.69, 9.17) is 16.3 Å². The van der Waals surface area contributed by atoms with Gasteiger partial charge in [0, 0.05) is 18.1 Å². The molecule has 1 saturated heterocycles. The minimum atomic E-state index is -0.764. The Morgan fingerprint density at radius 2 is 1.74 bits per heavy atom. The minimum Gasteiger partial charge on any atom is -0.444 e. The Hall–Kier alpha value is -1.75. The predicted molar refractivity (Wildman–Crippen MR) is 89.4 cm³/mol. The number of alkyl carbamates (subject to hydrolysis) is 1. The number of carbonyl (C=O) groups excluding carboxylic acids is 2. The molecule has 6 heteroatoms. The van der Waals surface area contributed by atoms with Gasteiger partial charge in [-0.05, 0) is 51.3 Å². The standard InChI is InChI=1S/C17H23ClN2O3/c1-17(2,3)23-16(22)19-14(12-6-8-13(18)9-7-12)15(21)20-10-4-5-11-20/h6-9,14H,4-5,10-11H2,1-3H3,(H,19,22). The van der Waals surface area contributed by atoms with Crippen LogP contribution in [-0.4, -0.2) is 35.6 Å². The smallest absolute Gasteiger partial charge is 0.408 e. The van der Waals surface area contributed by atoms with Crippen LogP contribution in [0.4, 0.5) is 4.79 Å². The third-order valence-electron chi connectivity index (χ3n) is 3.53. The summed E-state index contributed by atoms with van der Waals surface area (Å²) in [6, 6.07) is 6.15. The molecule has 1 heterocycles.